The third kappa shape index (κ3) is 5.87. The second kappa shape index (κ2) is 13.0. The van der Waals surface area contributed by atoms with Crippen molar-refractivity contribution in [3.8, 4) is 0 Å². The summed E-state index contributed by atoms with van der Waals surface area (Å²) < 4.78 is 2.33. The summed E-state index contributed by atoms with van der Waals surface area (Å²) in [7, 11) is 2.17. The number of carboxylic acid groups (broad SMARTS) is 1. The monoisotopic (exact) mass is 710 g/mol. The summed E-state index contributed by atoms with van der Waals surface area (Å²) in [6, 6.07) is 26.3. The molecule has 0 amide bonds. The normalized spacial score (nSPS) is 17.5. The Balaban J connectivity index is 0.00000400. The van der Waals surface area contributed by atoms with Crippen molar-refractivity contribution in [2.45, 2.75) is 64.2 Å². The van der Waals surface area contributed by atoms with E-state index in [-0.39, 0.29) is 41.2 Å². The summed E-state index contributed by atoms with van der Waals surface area (Å²) in [6.07, 6.45) is 13.8. The van der Waals surface area contributed by atoms with Gasteiger partial charge in [-0.2, -0.15) is 4.58 Å². The number of carbonyl (C=O) groups is 1. The van der Waals surface area contributed by atoms with Gasteiger partial charge in [0.05, 0.1) is 5.41 Å². The Bertz CT molecular complexity index is 1890. The molecule has 0 aliphatic carbocycles. The fourth-order valence-corrected chi connectivity index (χ4v) is 7.55. The SMILES string of the molecule is C[N+]1=C(C=CC=CC=C2N(CCCCCC(=O)O)c3ccc4ccccc4c3C2(C)C)C(C)(C)c2c1ccc1ccccc21.[I-]. The van der Waals surface area contributed by atoms with Crippen LogP contribution < -0.4 is 28.9 Å². The number of rotatable bonds is 9. The number of nitrogens with zero attached hydrogens (tertiary/aromatic N) is 2. The van der Waals surface area contributed by atoms with E-state index in [1.54, 1.807) is 0 Å². The van der Waals surface area contributed by atoms with E-state index in [9.17, 15) is 4.79 Å². The first-order valence-corrected chi connectivity index (χ1v) is 15.8. The van der Waals surface area contributed by atoms with Gasteiger partial charge in [0.25, 0.3) is 0 Å². The Morgan fingerprint density at radius 3 is 2.11 bits per heavy atom. The third-order valence-electron chi connectivity index (χ3n) is 9.65. The number of carboxylic acids is 1. The van der Waals surface area contributed by atoms with Crippen molar-refractivity contribution in [3.63, 3.8) is 0 Å². The second-order valence-electron chi connectivity index (χ2n) is 13.2. The van der Waals surface area contributed by atoms with E-state index < -0.39 is 5.97 Å². The Kier molecular flexibility index (Phi) is 9.41. The van der Waals surface area contributed by atoms with Gasteiger partial charge in [-0.1, -0.05) is 93.1 Å². The number of anilines is 1. The quantitative estimate of drug-likeness (QED) is 0.0942. The molecule has 6 rings (SSSR count). The average Bonchev–Trinajstić information content (AvgIpc) is 3.34. The standard InChI is InChI=1S/C40H42N2O2.HI/c1-39(2)34(41(5)32-25-23-28-16-11-13-18-30(28)37(32)39)20-8-6-9-21-35-40(3,4)38-31-19-14-12-17-29(31)24-26-33(38)42(35)27-15-7-10-22-36(43)44;/h6,8-9,11-14,16-21,23-26H,7,10,15,22,27H2,1-5H3;1H. The predicted octanol–water partition coefficient (Wildman–Crippen LogP) is 6.44. The van der Waals surface area contributed by atoms with E-state index in [1.807, 2.05) is 0 Å². The first kappa shape index (κ1) is 32.7. The van der Waals surface area contributed by atoms with E-state index in [1.165, 1.54) is 55.5 Å². The molecule has 4 nitrogen and oxygen atoms in total. The first-order valence-electron chi connectivity index (χ1n) is 15.8. The van der Waals surface area contributed by atoms with Crippen molar-refractivity contribution in [1.82, 2.24) is 0 Å². The van der Waals surface area contributed by atoms with Crippen molar-refractivity contribution in [1.29, 1.82) is 0 Å². The summed E-state index contributed by atoms with van der Waals surface area (Å²) >= 11 is 0. The Hall–Kier alpha value is -3.71. The predicted molar refractivity (Wildman–Crippen MR) is 185 cm³/mol. The average molecular weight is 711 g/mol. The second-order valence-corrected chi connectivity index (χ2v) is 13.2. The molecular weight excluding hydrogens is 667 g/mol. The molecule has 45 heavy (non-hydrogen) atoms. The Morgan fingerprint density at radius 1 is 0.778 bits per heavy atom. The Labute approximate surface area is 284 Å². The van der Waals surface area contributed by atoms with Crippen molar-refractivity contribution < 1.29 is 38.5 Å². The largest absolute Gasteiger partial charge is 1.00 e. The number of benzene rings is 4. The van der Waals surface area contributed by atoms with Crippen molar-refractivity contribution in [3.05, 3.63) is 120 Å². The van der Waals surface area contributed by atoms with Gasteiger partial charge in [0.2, 0.25) is 5.69 Å². The summed E-state index contributed by atoms with van der Waals surface area (Å²) in [5, 5.41) is 14.2. The van der Waals surface area contributed by atoms with Crippen molar-refractivity contribution in [2.75, 3.05) is 18.5 Å². The summed E-state index contributed by atoms with van der Waals surface area (Å²) in [6.45, 7) is 10.2. The van der Waals surface area contributed by atoms with Crippen molar-refractivity contribution in [2.24, 2.45) is 0 Å². The molecule has 5 heteroatoms. The fourth-order valence-electron chi connectivity index (χ4n) is 7.55. The topological polar surface area (TPSA) is 43.5 Å². The highest BCUT2D eigenvalue weighted by Crippen LogP contribution is 2.51. The Morgan fingerprint density at radius 2 is 1.42 bits per heavy atom. The van der Waals surface area contributed by atoms with Crippen LogP contribution in [0.15, 0.2) is 109 Å². The van der Waals surface area contributed by atoms with Crippen LogP contribution in [0.3, 0.4) is 0 Å². The number of allylic oxidation sites excluding steroid dienone is 6. The van der Waals surface area contributed by atoms with Gasteiger partial charge in [0, 0.05) is 47.5 Å². The zero-order chi connectivity index (χ0) is 31.1. The maximum absolute atomic E-state index is 11.0. The zero-order valence-corrected chi connectivity index (χ0v) is 29.1. The maximum Gasteiger partial charge on any atom is 0.303 e. The number of fused-ring (bicyclic) bond motifs is 6. The van der Waals surface area contributed by atoms with E-state index in [0.717, 1.165) is 19.4 Å². The molecule has 0 atom stereocenters. The number of hydrogen-bond acceptors (Lipinski definition) is 2. The van der Waals surface area contributed by atoms with Gasteiger partial charge in [-0.25, -0.2) is 0 Å². The van der Waals surface area contributed by atoms with Gasteiger partial charge < -0.3 is 34.0 Å². The molecule has 0 fully saturated rings. The molecule has 0 radical (unpaired) electrons. The van der Waals surface area contributed by atoms with Crippen LogP contribution in [0.4, 0.5) is 11.4 Å². The van der Waals surface area contributed by atoms with E-state index >= 15 is 0 Å². The van der Waals surface area contributed by atoms with Crippen LogP contribution in [0.25, 0.3) is 21.5 Å². The third-order valence-corrected chi connectivity index (χ3v) is 9.65. The maximum atomic E-state index is 11.0. The molecule has 4 aromatic carbocycles. The molecule has 2 heterocycles. The van der Waals surface area contributed by atoms with Gasteiger partial charge in [0.1, 0.15) is 7.05 Å². The molecule has 4 aromatic rings. The molecule has 0 bridgehead atoms. The van der Waals surface area contributed by atoms with Crippen LogP contribution in [-0.2, 0) is 15.6 Å². The molecule has 1 N–H and O–H groups in total. The van der Waals surface area contributed by atoms with Gasteiger partial charge in [-0.05, 0) is 72.0 Å². The lowest BCUT2D eigenvalue weighted by Gasteiger charge is -2.27. The minimum atomic E-state index is -0.717. The summed E-state index contributed by atoms with van der Waals surface area (Å²) in [5.74, 6) is -0.717. The highest BCUT2D eigenvalue weighted by Gasteiger charge is 2.44. The minimum absolute atomic E-state index is 0. The van der Waals surface area contributed by atoms with Gasteiger partial charge in [-0.15, -0.1) is 0 Å². The number of unbranched alkanes of at least 4 members (excludes halogenated alkanes) is 2. The molecule has 0 spiro atoms. The minimum Gasteiger partial charge on any atom is -1.00 e. The van der Waals surface area contributed by atoms with Crippen LogP contribution in [0.2, 0.25) is 0 Å². The number of halogens is 1. The van der Waals surface area contributed by atoms with E-state index in [2.05, 4.69) is 147 Å². The summed E-state index contributed by atoms with van der Waals surface area (Å²) in [4.78, 5) is 13.5. The molecule has 0 unspecified atom stereocenters. The van der Waals surface area contributed by atoms with Crippen LogP contribution in [0.5, 0.6) is 0 Å². The van der Waals surface area contributed by atoms with Gasteiger partial charge in [0.15, 0.2) is 5.71 Å². The van der Waals surface area contributed by atoms with E-state index in [0.29, 0.717) is 6.42 Å². The molecule has 232 valence electrons. The first-order chi connectivity index (χ1) is 21.1. The van der Waals surface area contributed by atoms with Gasteiger partial charge in [-0.3, -0.25) is 4.79 Å². The van der Waals surface area contributed by atoms with Crippen molar-refractivity contribution >= 4 is 44.6 Å². The molecule has 0 saturated heterocycles. The van der Waals surface area contributed by atoms with Crippen LogP contribution in [0, 0.1) is 0 Å². The van der Waals surface area contributed by atoms with Crippen LogP contribution in [0.1, 0.15) is 64.5 Å². The van der Waals surface area contributed by atoms with Crippen LogP contribution in [-0.4, -0.2) is 35.0 Å². The lowest BCUT2D eigenvalue weighted by atomic mass is 9.79. The number of aliphatic carboxylic acids is 1. The van der Waals surface area contributed by atoms with Gasteiger partial charge >= 0.3 is 5.97 Å². The molecule has 0 saturated carbocycles. The molecule has 2 aliphatic rings. The highest BCUT2D eigenvalue weighted by atomic mass is 127. The van der Waals surface area contributed by atoms with Crippen LogP contribution >= 0.6 is 0 Å². The lowest BCUT2D eigenvalue weighted by molar-refractivity contribution is -0.401. The molecule has 0 aromatic heterocycles. The molecule has 2 aliphatic heterocycles. The fraction of sp³-hybridized carbons (Fsp3) is 0.300. The lowest BCUT2D eigenvalue weighted by Crippen LogP contribution is -3.00. The summed E-state index contributed by atoms with van der Waals surface area (Å²) in [5.41, 5.74) is 7.57. The van der Waals surface area contributed by atoms with E-state index in [4.69, 9.17) is 5.11 Å². The molecular formula is C40H43IN2O2. The smallest absolute Gasteiger partial charge is 0.303 e. The number of hydrogen-bond donors (Lipinski definition) is 1. The zero-order valence-electron chi connectivity index (χ0n) is 27.0. The highest BCUT2D eigenvalue weighted by molar-refractivity contribution is 6.07.